The normalized spacial score (nSPS) is 9.82. The molecule has 4 aromatic rings. The Bertz CT molecular complexity index is 599. The second kappa shape index (κ2) is 6.84. The average molecular weight is 302 g/mol. The highest BCUT2D eigenvalue weighted by atomic mass is 16.5. The van der Waals surface area contributed by atoms with Crippen LogP contribution in [0.4, 0.5) is 0 Å². The van der Waals surface area contributed by atoms with Crippen molar-refractivity contribution in [2.45, 2.75) is 0 Å². The van der Waals surface area contributed by atoms with E-state index < -0.39 is 0 Å². The van der Waals surface area contributed by atoms with E-state index in [-0.39, 0.29) is 0 Å². The Morgan fingerprint density at radius 1 is 0.636 bits per heavy atom. The lowest BCUT2D eigenvalue weighted by Crippen LogP contribution is -1.81. The first-order chi connectivity index (χ1) is 10.9. The maximum Gasteiger partial charge on any atom is 0.259 e. The molecule has 0 aliphatic heterocycles. The number of furan rings is 2. The molecule has 0 aliphatic carbocycles. The minimum Gasteiger partial charge on any atom is -0.469 e. The Hall–Kier alpha value is -3.42. The van der Waals surface area contributed by atoms with Crippen molar-refractivity contribution in [3.63, 3.8) is 0 Å². The number of hydrogen-bond donors (Lipinski definition) is 0. The maximum absolute atomic E-state index is 5.27. The van der Waals surface area contributed by atoms with E-state index in [2.05, 4.69) is 18.8 Å². The molecular formula is C14H10N2O6. The molecule has 0 atom stereocenters. The second-order valence-corrected chi connectivity index (χ2v) is 3.78. The van der Waals surface area contributed by atoms with Crippen LogP contribution in [0.25, 0.3) is 0 Å². The molecule has 0 fully saturated rings. The number of ether oxygens (including phenoxy) is 2. The highest BCUT2D eigenvalue weighted by molar-refractivity contribution is 5.23. The van der Waals surface area contributed by atoms with Crippen molar-refractivity contribution in [3.8, 4) is 23.3 Å². The number of aromatic nitrogens is 2. The topological polar surface area (TPSA) is 96.8 Å². The van der Waals surface area contributed by atoms with Gasteiger partial charge in [-0.15, -0.1) is 0 Å². The molecule has 8 heteroatoms. The van der Waals surface area contributed by atoms with Crippen molar-refractivity contribution in [1.82, 2.24) is 9.97 Å². The Morgan fingerprint density at radius 3 is 1.55 bits per heavy atom. The van der Waals surface area contributed by atoms with Crippen molar-refractivity contribution in [2.24, 2.45) is 0 Å². The third-order valence-electron chi connectivity index (χ3n) is 2.25. The second-order valence-electron chi connectivity index (χ2n) is 3.78. The van der Waals surface area contributed by atoms with Gasteiger partial charge in [0, 0.05) is 12.1 Å². The van der Waals surface area contributed by atoms with Crippen molar-refractivity contribution in [3.05, 3.63) is 62.5 Å². The number of hydrogen-bond acceptors (Lipinski definition) is 8. The predicted octanol–water partition coefficient (Wildman–Crippen LogP) is 4.12. The number of nitrogens with zero attached hydrogens (tertiary/aromatic N) is 2. The fraction of sp³-hybridized carbons (Fsp3) is 0. The summed E-state index contributed by atoms with van der Waals surface area (Å²) in [5.41, 5.74) is 0. The summed E-state index contributed by atoms with van der Waals surface area (Å²) < 4.78 is 29.3. The fourth-order valence-corrected chi connectivity index (χ4v) is 1.37. The molecule has 0 unspecified atom stereocenters. The van der Waals surface area contributed by atoms with E-state index in [1.165, 1.54) is 37.8 Å². The van der Waals surface area contributed by atoms with E-state index in [0.29, 0.717) is 23.3 Å². The molecular weight excluding hydrogens is 292 g/mol. The molecule has 0 aliphatic rings. The predicted molar refractivity (Wildman–Crippen MR) is 70.6 cm³/mol. The van der Waals surface area contributed by atoms with Gasteiger partial charge in [0.1, 0.15) is 12.5 Å². The highest BCUT2D eigenvalue weighted by Gasteiger charge is 2.00. The zero-order valence-electron chi connectivity index (χ0n) is 11.1. The third-order valence-corrected chi connectivity index (χ3v) is 2.25. The maximum atomic E-state index is 5.27. The minimum absolute atomic E-state index is 0.360. The van der Waals surface area contributed by atoms with Gasteiger partial charge >= 0.3 is 0 Å². The van der Waals surface area contributed by atoms with Gasteiger partial charge in [0.25, 0.3) is 11.8 Å². The average Bonchev–Trinajstić information content (AvgIpc) is 3.31. The summed E-state index contributed by atoms with van der Waals surface area (Å²) >= 11 is 0. The van der Waals surface area contributed by atoms with Crippen molar-refractivity contribution < 1.29 is 27.1 Å². The van der Waals surface area contributed by atoms with Gasteiger partial charge in [-0.1, -0.05) is 0 Å². The molecule has 8 nitrogen and oxygen atoms in total. The first-order valence-corrected chi connectivity index (χ1v) is 6.06. The first-order valence-electron chi connectivity index (χ1n) is 6.06. The lowest BCUT2D eigenvalue weighted by atomic mass is 10.5. The summed E-state index contributed by atoms with van der Waals surface area (Å²) in [5, 5.41) is 0. The Balaban J connectivity index is 0.000000131. The molecule has 4 heterocycles. The molecule has 0 saturated heterocycles. The van der Waals surface area contributed by atoms with Gasteiger partial charge in [-0.2, -0.15) is 9.97 Å². The standard InChI is InChI=1S/C8H6O3.C6H4N2O3/c1-3-9-5-7(1)11-8-2-4-10-6-8;1-5(7-3-9-1)11-6-2-10-4-8-6/h1-6H;1-4H. The van der Waals surface area contributed by atoms with Crippen LogP contribution < -0.4 is 9.47 Å². The van der Waals surface area contributed by atoms with Crippen LogP contribution in [0.3, 0.4) is 0 Å². The summed E-state index contributed by atoms with van der Waals surface area (Å²) in [6, 6.07) is 3.46. The lowest BCUT2D eigenvalue weighted by Gasteiger charge is -1.94. The third kappa shape index (κ3) is 3.79. The zero-order valence-corrected chi connectivity index (χ0v) is 11.1. The Kier molecular flexibility index (Phi) is 4.22. The van der Waals surface area contributed by atoms with Crippen LogP contribution in [0.1, 0.15) is 0 Å². The van der Waals surface area contributed by atoms with E-state index in [1.54, 1.807) is 24.7 Å². The zero-order chi connectivity index (χ0) is 15.0. The van der Waals surface area contributed by atoms with Crippen LogP contribution in [0, 0.1) is 0 Å². The quantitative estimate of drug-likeness (QED) is 0.555. The molecule has 4 rings (SSSR count). The molecule has 0 spiro atoms. The van der Waals surface area contributed by atoms with E-state index in [0.717, 1.165) is 0 Å². The largest absolute Gasteiger partial charge is 0.469 e. The van der Waals surface area contributed by atoms with Gasteiger partial charge < -0.3 is 27.1 Å². The van der Waals surface area contributed by atoms with Crippen molar-refractivity contribution in [1.29, 1.82) is 0 Å². The van der Waals surface area contributed by atoms with Gasteiger partial charge in [-0.3, -0.25) is 0 Å². The molecule has 0 N–H and O–H groups in total. The van der Waals surface area contributed by atoms with Crippen LogP contribution in [0.2, 0.25) is 0 Å². The van der Waals surface area contributed by atoms with Gasteiger partial charge in [0.15, 0.2) is 36.8 Å². The SMILES string of the molecule is c1cc(Oc2ccoc2)co1.c1nc(Oc2cocn2)co1. The molecule has 22 heavy (non-hydrogen) atoms. The van der Waals surface area contributed by atoms with Crippen molar-refractivity contribution in [2.75, 3.05) is 0 Å². The van der Waals surface area contributed by atoms with Crippen LogP contribution in [-0.4, -0.2) is 9.97 Å². The first kappa shape index (κ1) is 13.6. The minimum atomic E-state index is 0.360. The van der Waals surface area contributed by atoms with Crippen LogP contribution in [-0.2, 0) is 0 Å². The van der Waals surface area contributed by atoms with Crippen LogP contribution in [0.5, 0.6) is 23.3 Å². The fourth-order valence-electron chi connectivity index (χ4n) is 1.37. The van der Waals surface area contributed by atoms with Gasteiger partial charge in [-0.05, 0) is 0 Å². The summed E-state index contributed by atoms with van der Waals surface area (Å²) in [6.45, 7) is 0. The smallest absolute Gasteiger partial charge is 0.259 e. The number of rotatable bonds is 4. The molecule has 0 amide bonds. The van der Waals surface area contributed by atoms with E-state index in [9.17, 15) is 0 Å². The Labute approximate surface area is 123 Å². The number of oxazole rings is 2. The Morgan fingerprint density at radius 2 is 1.18 bits per heavy atom. The summed E-state index contributed by atoms with van der Waals surface area (Å²) in [5.74, 6) is 2.07. The molecule has 0 bridgehead atoms. The van der Waals surface area contributed by atoms with Crippen molar-refractivity contribution >= 4 is 0 Å². The molecule has 0 aromatic carbocycles. The van der Waals surface area contributed by atoms with Gasteiger partial charge in [-0.25, -0.2) is 0 Å². The monoisotopic (exact) mass is 302 g/mol. The van der Waals surface area contributed by atoms with Gasteiger partial charge in [0.2, 0.25) is 0 Å². The molecule has 112 valence electrons. The summed E-state index contributed by atoms with van der Waals surface area (Å²) in [7, 11) is 0. The van der Waals surface area contributed by atoms with E-state index in [1.807, 2.05) is 0 Å². The van der Waals surface area contributed by atoms with Crippen LogP contribution >= 0.6 is 0 Å². The molecule has 0 saturated carbocycles. The van der Waals surface area contributed by atoms with Gasteiger partial charge in [0.05, 0.1) is 12.5 Å². The summed E-state index contributed by atoms with van der Waals surface area (Å²) in [4.78, 5) is 7.44. The lowest BCUT2D eigenvalue weighted by molar-refractivity contribution is 0.436. The van der Waals surface area contributed by atoms with Crippen LogP contribution in [0.15, 0.2) is 80.2 Å². The highest BCUT2D eigenvalue weighted by Crippen LogP contribution is 2.21. The summed E-state index contributed by atoms with van der Waals surface area (Å²) in [6.07, 6.45) is 11.4. The van der Waals surface area contributed by atoms with E-state index >= 15 is 0 Å². The molecule has 4 aromatic heterocycles. The van der Waals surface area contributed by atoms with E-state index in [4.69, 9.17) is 18.3 Å². The molecule has 0 radical (unpaired) electrons.